The lowest BCUT2D eigenvalue weighted by Gasteiger charge is -2.15. The zero-order chi connectivity index (χ0) is 22.0. The van der Waals surface area contributed by atoms with Crippen LogP contribution >= 0.6 is 0 Å². The molecule has 1 unspecified atom stereocenters. The van der Waals surface area contributed by atoms with Gasteiger partial charge in [0, 0.05) is 6.54 Å². The van der Waals surface area contributed by atoms with E-state index in [-0.39, 0.29) is 17.3 Å². The molecule has 0 aliphatic carbocycles. The summed E-state index contributed by atoms with van der Waals surface area (Å²) in [4.78, 5) is 11.6. The van der Waals surface area contributed by atoms with Gasteiger partial charge in [0.15, 0.2) is 5.96 Å². The number of rotatable bonds is 12. The van der Waals surface area contributed by atoms with Crippen LogP contribution in [0.4, 0.5) is 0 Å². The summed E-state index contributed by atoms with van der Waals surface area (Å²) in [6.07, 6.45) is 1.59. The molecule has 0 fully saturated rings. The fraction of sp³-hybridized carbons (Fsp3) is 0.300. The van der Waals surface area contributed by atoms with Crippen LogP contribution in [0.1, 0.15) is 18.4 Å². The fourth-order valence-electron chi connectivity index (χ4n) is 2.63. The number of carboxylic acids is 1. The molecule has 0 aliphatic heterocycles. The minimum atomic E-state index is -3.94. The SMILES string of the molecule is N=C(N)NCCCCOc1ccc(CC(NS(=O)(=O)c2ccccc2)C(=O)O)cc1. The third-order valence-corrected chi connectivity index (χ3v) is 5.66. The van der Waals surface area contributed by atoms with Gasteiger partial charge in [-0.1, -0.05) is 30.3 Å². The van der Waals surface area contributed by atoms with E-state index < -0.39 is 22.0 Å². The maximum absolute atomic E-state index is 12.4. The average molecular weight is 435 g/mol. The Balaban J connectivity index is 1.89. The number of ether oxygens (including phenoxy) is 1. The predicted molar refractivity (Wildman–Crippen MR) is 113 cm³/mol. The summed E-state index contributed by atoms with van der Waals surface area (Å²) in [5.41, 5.74) is 5.86. The smallest absolute Gasteiger partial charge is 0.322 e. The van der Waals surface area contributed by atoms with Crippen LogP contribution in [0.15, 0.2) is 59.5 Å². The van der Waals surface area contributed by atoms with Crippen LogP contribution in [0.2, 0.25) is 0 Å². The van der Waals surface area contributed by atoms with Crippen LogP contribution < -0.4 is 20.5 Å². The van der Waals surface area contributed by atoms with E-state index in [9.17, 15) is 18.3 Å². The number of unbranched alkanes of at least 4 members (excludes halogenated alkanes) is 1. The second kappa shape index (κ2) is 11.2. The highest BCUT2D eigenvalue weighted by Gasteiger charge is 2.25. The van der Waals surface area contributed by atoms with Crippen LogP contribution in [0, 0.1) is 5.41 Å². The molecule has 0 saturated heterocycles. The quantitative estimate of drug-likeness (QED) is 0.192. The predicted octanol–water partition coefficient (Wildman–Crippen LogP) is 1.30. The Bertz CT molecular complexity index is 933. The van der Waals surface area contributed by atoms with Crippen LogP contribution in [-0.4, -0.2) is 44.6 Å². The van der Waals surface area contributed by atoms with Crippen molar-refractivity contribution < 1.29 is 23.1 Å². The molecule has 2 rings (SSSR count). The molecule has 0 spiro atoms. The minimum absolute atomic E-state index is 0.00159. The van der Waals surface area contributed by atoms with Gasteiger partial charge in [-0.3, -0.25) is 10.2 Å². The topological polar surface area (TPSA) is 155 Å². The summed E-state index contributed by atoms with van der Waals surface area (Å²) in [6, 6.07) is 13.2. The molecule has 162 valence electrons. The number of guanidine groups is 1. The maximum atomic E-state index is 12.4. The molecule has 1 atom stereocenters. The Morgan fingerprint density at radius 3 is 2.37 bits per heavy atom. The number of carbonyl (C=O) groups is 1. The Kier molecular flexibility index (Phi) is 8.63. The van der Waals surface area contributed by atoms with E-state index in [1.807, 2.05) is 0 Å². The van der Waals surface area contributed by atoms with Gasteiger partial charge >= 0.3 is 5.97 Å². The van der Waals surface area contributed by atoms with Crippen LogP contribution in [0.5, 0.6) is 5.75 Å². The Labute approximate surface area is 175 Å². The minimum Gasteiger partial charge on any atom is -0.494 e. The largest absolute Gasteiger partial charge is 0.494 e. The van der Waals surface area contributed by atoms with E-state index in [1.165, 1.54) is 12.1 Å². The van der Waals surface area contributed by atoms with Crippen molar-refractivity contribution in [1.29, 1.82) is 5.41 Å². The Morgan fingerprint density at radius 2 is 1.77 bits per heavy atom. The number of hydrogen-bond donors (Lipinski definition) is 5. The van der Waals surface area contributed by atoms with E-state index in [0.29, 0.717) is 24.5 Å². The van der Waals surface area contributed by atoms with E-state index >= 15 is 0 Å². The molecule has 6 N–H and O–H groups in total. The van der Waals surface area contributed by atoms with Gasteiger partial charge in [0.05, 0.1) is 11.5 Å². The van der Waals surface area contributed by atoms with Gasteiger partial charge in [0.2, 0.25) is 10.0 Å². The molecule has 0 heterocycles. The molecule has 0 radical (unpaired) electrons. The van der Waals surface area contributed by atoms with Crippen molar-refractivity contribution in [3.8, 4) is 5.75 Å². The molecule has 2 aromatic carbocycles. The summed E-state index contributed by atoms with van der Waals surface area (Å²) in [5.74, 6) is -0.679. The van der Waals surface area contributed by atoms with Gasteiger partial charge in [0.25, 0.3) is 0 Å². The second-order valence-electron chi connectivity index (χ2n) is 6.57. The number of nitrogens with two attached hydrogens (primary N) is 1. The number of carboxylic acid groups (broad SMARTS) is 1. The van der Waals surface area contributed by atoms with Crippen molar-refractivity contribution in [2.24, 2.45) is 5.73 Å². The molecule has 2 aromatic rings. The molecule has 30 heavy (non-hydrogen) atoms. The van der Waals surface area contributed by atoms with E-state index in [2.05, 4.69) is 10.0 Å². The van der Waals surface area contributed by atoms with E-state index in [4.69, 9.17) is 15.9 Å². The summed E-state index contributed by atoms with van der Waals surface area (Å²) < 4.78 is 32.7. The van der Waals surface area contributed by atoms with Crippen LogP contribution in [0.25, 0.3) is 0 Å². The molecule has 9 nitrogen and oxygen atoms in total. The van der Waals surface area contributed by atoms with Crippen molar-refractivity contribution >= 4 is 22.0 Å². The highest BCUT2D eigenvalue weighted by Crippen LogP contribution is 2.15. The first kappa shape index (κ1) is 23.2. The second-order valence-corrected chi connectivity index (χ2v) is 8.28. The van der Waals surface area contributed by atoms with Gasteiger partial charge in [-0.25, -0.2) is 8.42 Å². The first-order valence-corrected chi connectivity index (χ1v) is 10.9. The van der Waals surface area contributed by atoms with Crippen molar-refractivity contribution in [3.05, 3.63) is 60.2 Å². The van der Waals surface area contributed by atoms with Crippen molar-refractivity contribution in [1.82, 2.24) is 10.0 Å². The van der Waals surface area contributed by atoms with Crippen LogP contribution in [0.3, 0.4) is 0 Å². The van der Waals surface area contributed by atoms with E-state index in [1.54, 1.807) is 42.5 Å². The molecule has 0 amide bonds. The zero-order valence-corrected chi connectivity index (χ0v) is 17.2. The summed E-state index contributed by atoms with van der Waals surface area (Å²) in [7, 11) is -3.94. The van der Waals surface area contributed by atoms with Gasteiger partial charge in [0.1, 0.15) is 11.8 Å². The highest BCUT2D eigenvalue weighted by molar-refractivity contribution is 7.89. The lowest BCUT2D eigenvalue weighted by atomic mass is 10.1. The number of sulfonamides is 1. The summed E-state index contributed by atoms with van der Waals surface area (Å²) >= 11 is 0. The standard InChI is InChI=1S/C20H26N4O5S/c21-20(22)23-12-4-5-13-29-16-10-8-15(9-11-16)14-18(19(25)26)24-30(27,28)17-6-2-1-3-7-17/h1-3,6-11,18,24H,4-5,12-14H2,(H,25,26)(H4,21,22,23). The first-order chi connectivity index (χ1) is 14.3. The van der Waals surface area contributed by atoms with Gasteiger partial charge in [-0.05, 0) is 49.1 Å². The van der Waals surface area contributed by atoms with E-state index in [0.717, 1.165) is 12.8 Å². The number of aliphatic carboxylic acids is 1. The van der Waals surface area contributed by atoms with Gasteiger partial charge in [-0.15, -0.1) is 0 Å². The number of benzene rings is 2. The van der Waals surface area contributed by atoms with Crippen molar-refractivity contribution in [2.75, 3.05) is 13.2 Å². The third-order valence-electron chi connectivity index (χ3n) is 4.17. The molecule has 10 heteroatoms. The Hall–Kier alpha value is -3.11. The molecule has 0 saturated carbocycles. The number of hydrogen-bond acceptors (Lipinski definition) is 5. The number of nitrogens with one attached hydrogen (secondary N) is 3. The lowest BCUT2D eigenvalue weighted by molar-refractivity contribution is -0.138. The molecular formula is C20H26N4O5S. The maximum Gasteiger partial charge on any atom is 0.322 e. The zero-order valence-electron chi connectivity index (χ0n) is 16.4. The van der Waals surface area contributed by atoms with Gasteiger partial charge < -0.3 is 20.9 Å². The van der Waals surface area contributed by atoms with Gasteiger partial charge in [-0.2, -0.15) is 4.72 Å². The molecular weight excluding hydrogens is 408 g/mol. The normalized spacial score (nSPS) is 12.1. The average Bonchev–Trinajstić information content (AvgIpc) is 2.71. The third kappa shape index (κ3) is 7.72. The Morgan fingerprint density at radius 1 is 1.10 bits per heavy atom. The fourth-order valence-corrected chi connectivity index (χ4v) is 3.84. The lowest BCUT2D eigenvalue weighted by Crippen LogP contribution is -2.42. The summed E-state index contributed by atoms with van der Waals surface area (Å²) in [6.45, 7) is 1.10. The van der Waals surface area contributed by atoms with Crippen LogP contribution in [-0.2, 0) is 21.2 Å². The monoisotopic (exact) mass is 434 g/mol. The highest BCUT2D eigenvalue weighted by atomic mass is 32.2. The summed E-state index contributed by atoms with van der Waals surface area (Å²) in [5, 5.41) is 19.2. The first-order valence-electron chi connectivity index (χ1n) is 9.38. The van der Waals surface area contributed by atoms with Crippen molar-refractivity contribution in [3.63, 3.8) is 0 Å². The molecule has 0 aromatic heterocycles. The van der Waals surface area contributed by atoms with Crippen molar-refractivity contribution in [2.45, 2.75) is 30.2 Å². The molecule has 0 bridgehead atoms. The molecule has 0 aliphatic rings.